The van der Waals surface area contributed by atoms with Crippen molar-refractivity contribution in [3.05, 3.63) is 29.6 Å². The molecule has 0 bridgehead atoms. The van der Waals surface area contributed by atoms with Gasteiger partial charge in [0.2, 0.25) is 0 Å². The van der Waals surface area contributed by atoms with E-state index in [1.807, 2.05) is 6.92 Å². The highest BCUT2D eigenvalue weighted by atomic mass is 19.1. The molecule has 1 unspecified atom stereocenters. The average molecular weight is 238 g/mol. The molecule has 0 aliphatic heterocycles. The van der Waals surface area contributed by atoms with E-state index in [0.717, 1.165) is 25.7 Å². The fourth-order valence-corrected chi connectivity index (χ4v) is 2.69. The molecule has 1 aromatic rings. The quantitative estimate of drug-likeness (QED) is 0.874. The number of aliphatic hydroxyl groups is 1. The molecule has 0 amide bonds. The molecule has 1 aliphatic rings. The van der Waals surface area contributed by atoms with E-state index in [1.165, 1.54) is 13.2 Å². The molecular weight excluding hydrogens is 219 g/mol. The van der Waals surface area contributed by atoms with Crippen molar-refractivity contribution in [2.45, 2.75) is 38.7 Å². The van der Waals surface area contributed by atoms with E-state index in [0.29, 0.717) is 11.3 Å². The molecule has 1 N–H and O–H groups in total. The average Bonchev–Trinajstić information content (AvgIpc) is 2.76. The molecule has 1 saturated carbocycles. The zero-order valence-electron chi connectivity index (χ0n) is 10.4. The summed E-state index contributed by atoms with van der Waals surface area (Å²) in [5.41, 5.74) is 0.199. The highest BCUT2D eigenvalue weighted by molar-refractivity contribution is 5.31. The van der Waals surface area contributed by atoms with Crippen molar-refractivity contribution in [1.29, 1.82) is 0 Å². The van der Waals surface area contributed by atoms with Crippen molar-refractivity contribution >= 4 is 0 Å². The van der Waals surface area contributed by atoms with E-state index >= 15 is 0 Å². The van der Waals surface area contributed by atoms with Gasteiger partial charge in [0.15, 0.2) is 0 Å². The first kappa shape index (κ1) is 12.4. The van der Waals surface area contributed by atoms with Crippen LogP contribution in [0.15, 0.2) is 18.2 Å². The van der Waals surface area contributed by atoms with E-state index < -0.39 is 6.10 Å². The third-order valence-electron chi connectivity index (χ3n) is 3.91. The van der Waals surface area contributed by atoms with Gasteiger partial charge in [-0.3, -0.25) is 0 Å². The zero-order valence-corrected chi connectivity index (χ0v) is 10.4. The minimum atomic E-state index is -0.726. The van der Waals surface area contributed by atoms with Gasteiger partial charge in [-0.1, -0.05) is 19.8 Å². The molecule has 0 heterocycles. The summed E-state index contributed by atoms with van der Waals surface area (Å²) in [5.74, 6) is 0.0972. The lowest BCUT2D eigenvalue weighted by molar-refractivity contribution is 0.0379. The van der Waals surface area contributed by atoms with Crippen LogP contribution in [0.4, 0.5) is 4.39 Å². The standard InChI is InChI=1S/C14H19FO2/c1-14(7-3-4-8-14)13(16)11-6-5-10(17-2)9-12(11)15/h5-6,9,13,16H,3-4,7-8H2,1-2H3. The second-order valence-electron chi connectivity index (χ2n) is 5.15. The van der Waals surface area contributed by atoms with Crippen LogP contribution in [0.5, 0.6) is 5.75 Å². The van der Waals surface area contributed by atoms with Gasteiger partial charge in [0, 0.05) is 11.6 Å². The zero-order chi connectivity index (χ0) is 12.5. The molecule has 1 fully saturated rings. The normalized spacial score (nSPS) is 20.2. The molecule has 3 heteroatoms. The molecule has 0 aromatic heterocycles. The van der Waals surface area contributed by atoms with Gasteiger partial charge in [-0.25, -0.2) is 4.39 Å². The van der Waals surface area contributed by atoms with Crippen molar-refractivity contribution in [3.63, 3.8) is 0 Å². The highest BCUT2D eigenvalue weighted by Crippen LogP contribution is 2.47. The van der Waals surface area contributed by atoms with Gasteiger partial charge in [-0.15, -0.1) is 0 Å². The Labute approximate surface area is 101 Å². The van der Waals surface area contributed by atoms with Crippen LogP contribution in [0, 0.1) is 11.2 Å². The van der Waals surface area contributed by atoms with Crippen molar-refractivity contribution in [1.82, 2.24) is 0 Å². The van der Waals surface area contributed by atoms with Crippen LogP contribution in [0.3, 0.4) is 0 Å². The first-order valence-corrected chi connectivity index (χ1v) is 6.08. The van der Waals surface area contributed by atoms with Crippen LogP contribution in [0.1, 0.15) is 44.3 Å². The minimum absolute atomic E-state index is 0.185. The Balaban J connectivity index is 2.27. The maximum absolute atomic E-state index is 13.9. The fourth-order valence-electron chi connectivity index (χ4n) is 2.69. The monoisotopic (exact) mass is 238 g/mol. The second kappa shape index (κ2) is 4.65. The summed E-state index contributed by atoms with van der Waals surface area (Å²) in [6.45, 7) is 2.04. The van der Waals surface area contributed by atoms with E-state index in [2.05, 4.69) is 0 Å². The number of aliphatic hydroxyl groups excluding tert-OH is 1. The Morgan fingerprint density at radius 3 is 2.53 bits per heavy atom. The van der Waals surface area contributed by atoms with E-state index in [-0.39, 0.29) is 11.2 Å². The fraction of sp³-hybridized carbons (Fsp3) is 0.571. The van der Waals surface area contributed by atoms with Crippen molar-refractivity contribution in [2.75, 3.05) is 7.11 Å². The summed E-state index contributed by atoms with van der Waals surface area (Å²) in [4.78, 5) is 0. The first-order valence-electron chi connectivity index (χ1n) is 6.08. The van der Waals surface area contributed by atoms with Crippen LogP contribution < -0.4 is 4.74 Å². The Morgan fingerprint density at radius 2 is 2.00 bits per heavy atom. The van der Waals surface area contributed by atoms with Gasteiger partial charge in [0.1, 0.15) is 11.6 Å². The molecule has 1 aliphatic carbocycles. The number of benzene rings is 1. The first-order chi connectivity index (χ1) is 8.07. The predicted octanol–water partition coefficient (Wildman–Crippen LogP) is 3.45. The van der Waals surface area contributed by atoms with Gasteiger partial charge in [0.05, 0.1) is 13.2 Å². The molecule has 0 saturated heterocycles. The van der Waals surface area contributed by atoms with Gasteiger partial charge in [0.25, 0.3) is 0 Å². The SMILES string of the molecule is COc1ccc(C(O)C2(C)CCCC2)c(F)c1. The number of hydrogen-bond acceptors (Lipinski definition) is 2. The summed E-state index contributed by atoms with van der Waals surface area (Å²) in [5, 5.41) is 10.3. The Hall–Kier alpha value is -1.09. The Morgan fingerprint density at radius 1 is 1.35 bits per heavy atom. The van der Waals surface area contributed by atoms with Crippen molar-refractivity contribution < 1.29 is 14.2 Å². The van der Waals surface area contributed by atoms with Gasteiger partial charge in [-0.2, -0.15) is 0 Å². The van der Waals surface area contributed by atoms with E-state index in [4.69, 9.17) is 4.74 Å². The smallest absolute Gasteiger partial charge is 0.132 e. The predicted molar refractivity (Wildman–Crippen MR) is 64.5 cm³/mol. The van der Waals surface area contributed by atoms with Gasteiger partial charge < -0.3 is 9.84 Å². The third-order valence-corrected chi connectivity index (χ3v) is 3.91. The topological polar surface area (TPSA) is 29.5 Å². The van der Waals surface area contributed by atoms with Crippen LogP contribution in [0.2, 0.25) is 0 Å². The van der Waals surface area contributed by atoms with Crippen LogP contribution in [-0.4, -0.2) is 12.2 Å². The molecule has 94 valence electrons. The van der Waals surface area contributed by atoms with Gasteiger partial charge >= 0.3 is 0 Å². The number of rotatable bonds is 3. The summed E-state index contributed by atoms with van der Waals surface area (Å²) in [7, 11) is 1.50. The number of methoxy groups -OCH3 is 1. The molecule has 0 spiro atoms. The molecule has 1 aromatic carbocycles. The lowest BCUT2D eigenvalue weighted by Gasteiger charge is -2.30. The highest BCUT2D eigenvalue weighted by Gasteiger charge is 2.37. The third kappa shape index (κ3) is 2.29. The van der Waals surface area contributed by atoms with E-state index in [9.17, 15) is 9.50 Å². The van der Waals surface area contributed by atoms with Crippen LogP contribution in [-0.2, 0) is 0 Å². The largest absolute Gasteiger partial charge is 0.497 e. The summed E-state index contributed by atoms with van der Waals surface area (Å²) >= 11 is 0. The summed E-state index contributed by atoms with van der Waals surface area (Å²) in [6.07, 6.45) is 3.42. The molecule has 2 rings (SSSR count). The van der Waals surface area contributed by atoms with Crippen LogP contribution >= 0.6 is 0 Å². The van der Waals surface area contributed by atoms with Crippen molar-refractivity contribution in [3.8, 4) is 5.75 Å². The van der Waals surface area contributed by atoms with Crippen LogP contribution in [0.25, 0.3) is 0 Å². The lowest BCUT2D eigenvalue weighted by Crippen LogP contribution is -2.22. The molecule has 17 heavy (non-hydrogen) atoms. The van der Waals surface area contributed by atoms with E-state index in [1.54, 1.807) is 12.1 Å². The summed E-state index contributed by atoms with van der Waals surface area (Å²) in [6, 6.07) is 4.65. The molecule has 2 nitrogen and oxygen atoms in total. The second-order valence-corrected chi connectivity index (χ2v) is 5.15. The van der Waals surface area contributed by atoms with Gasteiger partial charge in [-0.05, 0) is 30.4 Å². The summed E-state index contributed by atoms with van der Waals surface area (Å²) < 4.78 is 18.8. The molecule has 1 atom stereocenters. The molecule has 0 radical (unpaired) electrons. The van der Waals surface area contributed by atoms with Crippen molar-refractivity contribution in [2.24, 2.45) is 5.41 Å². The Kier molecular flexibility index (Phi) is 3.38. The maximum Gasteiger partial charge on any atom is 0.132 e. The maximum atomic E-state index is 13.9. The Bertz CT molecular complexity index is 397. The lowest BCUT2D eigenvalue weighted by atomic mass is 9.79. The number of halogens is 1. The number of ether oxygens (including phenoxy) is 1. The minimum Gasteiger partial charge on any atom is -0.497 e. The molecular formula is C14H19FO2. The number of hydrogen-bond donors (Lipinski definition) is 1.